The van der Waals surface area contributed by atoms with Crippen molar-refractivity contribution in [1.82, 2.24) is 5.32 Å². The molecule has 1 rings (SSSR count). The van der Waals surface area contributed by atoms with E-state index >= 15 is 0 Å². The number of benzene rings is 1. The summed E-state index contributed by atoms with van der Waals surface area (Å²) >= 11 is 0. The van der Waals surface area contributed by atoms with E-state index in [0.717, 1.165) is 25.0 Å². The highest BCUT2D eigenvalue weighted by Gasteiger charge is 2.23. The van der Waals surface area contributed by atoms with Crippen LogP contribution in [0.2, 0.25) is 0 Å². The highest BCUT2D eigenvalue weighted by atomic mass is 32.2. The number of sulfonamides is 1. The van der Waals surface area contributed by atoms with Crippen LogP contribution in [0.5, 0.6) is 0 Å². The molecule has 21 heavy (non-hydrogen) atoms. The number of nitrogens with one attached hydrogen (secondary N) is 1. The summed E-state index contributed by atoms with van der Waals surface area (Å²) < 4.78 is 23.0. The van der Waals surface area contributed by atoms with E-state index in [0.29, 0.717) is 6.54 Å². The molecule has 1 amide bonds. The first-order valence-corrected chi connectivity index (χ1v) is 7.83. The van der Waals surface area contributed by atoms with Crippen LogP contribution >= 0.6 is 0 Å². The number of non-ortho nitro benzene ring substituents is 1. The lowest BCUT2D eigenvalue weighted by Crippen LogP contribution is -2.26. The lowest BCUT2D eigenvalue weighted by molar-refractivity contribution is -0.385. The molecule has 0 aromatic heterocycles. The summed E-state index contributed by atoms with van der Waals surface area (Å²) in [6.07, 6.45) is 1.62. The van der Waals surface area contributed by atoms with Crippen LogP contribution in [0.4, 0.5) is 5.69 Å². The van der Waals surface area contributed by atoms with Gasteiger partial charge in [0.25, 0.3) is 11.6 Å². The van der Waals surface area contributed by atoms with Gasteiger partial charge in [0.1, 0.15) is 0 Å². The molecule has 0 fully saturated rings. The molecule has 8 nitrogen and oxygen atoms in total. The highest BCUT2D eigenvalue weighted by Crippen LogP contribution is 2.25. The van der Waals surface area contributed by atoms with Crippen LogP contribution in [0, 0.1) is 17.0 Å². The van der Waals surface area contributed by atoms with Crippen LogP contribution in [-0.4, -0.2) is 25.8 Å². The molecule has 0 spiro atoms. The van der Waals surface area contributed by atoms with Gasteiger partial charge in [0.15, 0.2) is 0 Å². The first kappa shape index (κ1) is 17.1. The molecule has 116 valence electrons. The summed E-state index contributed by atoms with van der Waals surface area (Å²) in [6.45, 7) is 3.74. The Morgan fingerprint density at radius 2 is 2.05 bits per heavy atom. The largest absolute Gasteiger partial charge is 0.352 e. The van der Waals surface area contributed by atoms with Gasteiger partial charge in [-0.2, -0.15) is 0 Å². The van der Waals surface area contributed by atoms with E-state index in [1.54, 1.807) is 0 Å². The van der Waals surface area contributed by atoms with Gasteiger partial charge >= 0.3 is 0 Å². The minimum absolute atomic E-state index is 0.0654. The standard InChI is InChI=1S/C12H17N3O5S/c1-3-4-5-14-12(16)10-6-9(15(17)18)7-11(8(10)2)21(13,19)20/h6-7H,3-5H2,1-2H3,(H,14,16)(H2,13,19,20). The number of amides is 1. The number of nitro benzene ring substituents is 1. The van der Waals surface area contributed by atoms with Crippen molar-refractivity contribution in [2.45, 2.75) is 31.6 Å². The molecule has 0 radical (unpaired) electrons. The Morgan fingerprint density at radius 1 is 1.43 bits per heavy atom. The van der Waals surface area contributed by atoms with Crippen molar-refractivity contribution < 1.29 is 18.1 Å². The number of nitrogens with two attached hydrogens (primary N) is 1. The fraction of sp³-hybridized carbons (Fsp3) is 0.417. The molecular formula is C12H17N3O5S. The van der Waals surface area contributed by atoms with Gasteiger partial charge in [-0.05, 0) is 18.9 Å². The summed E-state index contributed by atoms with van der Waals surface area (Å²) in [5.41, 5.74) is -0.466. The topological polar surface area (TPSA) is 132 Å². The maximum atomic E-state index is 12.0. The maximum absolute atomic E-state index is 12.0. The third-order valence-electron chi connectivity index (χ3n) is 2.92. The maximum Gasteiger partial charge on any atom is 0.271 e. The highest BCUT2D eigenvalue weighted by molar-refractivity contribution is 7.89. The number of unbranched alkanes of at least 4 members (excludes halogenated alkanes) is 1. The Morgan fingerprint density at radius 3 is 2.52 bits per heavy atom. The third kappa shape index (κ3) is 4.23. The average Bonchev–Trinajstić information content (AvgIpc) is 2.37. The van der Waals surface area contributed by atoms with Gasteiger partial charge in [0.05, 0.1) is 15.4 Å². The number of carbonyl (C=O) groups is 1. The lowest BCUT2D eigenvalue weighted by atomic mass is 10.1. The van der Waals surface area contributed by atoms with Crippen LogP contribution in [-0.2, 0) is 10.0 Å². The Bertz CT molecular complexity index is 670. The number of primary sulfonamides is 1. The van der Waals surface area contributed by atoms with Gasteiger partial charge in [-0.1, -0.05) is 13.3 Å². The Kier molecular flexibility index (Phi) is 5.39. The molecule has 0 saturated carbocycles. The van der Waals surface area contributed by atoms with Crippen LogP contribution in [0.1, 0.15) is 35.7 Å². The van der Waals surface area contributed by atoms with Crippen molar-refractivity contribution in [3.05, 3.63) is 33.4 Å². The quantitative estimate of drug-likeness (QED) is 0.460. The Labute approximate surface area is 122 Å². The lowest BCUT2D eigenvalue weighted by Gasteiger charge is -2.10. The zero-order chi connectivity index (χ0) is 16.2. The normalized spacial score (nSPS) is 11.2. The number of rotatable bonds is 6. The van der Waals surface area contributed by atoms with E-state index in [9.17, 15) is 23.3 Å². The van der Waals surface area contributed by atoms with Crippen LogP contribution in [0.3, 0.4) is 0 Å². The third-order valence-corrected chi connectivity index (χ3v) is 3.96. The van der Waals surface area contributed by atoms with Crippen molar-refractivity contribution in [3.8, 4) is 0 Å². The number of nitro groups is 1. The molecule has 3 N–H and O–H groups in total. The number of hydrogen-bond acceptors (Lipinski definition) is 5. The summed E-state index contributed by atoms with van der Waals surface area (Å²) in [6, 6.07) is 1.90. The monoisotopic (exact) mass is 315 g/mol. The smallest absolute Gasteiger partial charge is 0.271 e. The van der Waals surface area contributed by atoms with Crippen LogP contribution in [0.25, 0.3) is 0 Å². The second kappa shape index (κ2) is 6.64. The second-order valence-electron chi connectivity index (χ2n) is 4.53. The molecule has 0 aliphatic carbocycles. The van der Waals surface area contributed by atoms with Crippen molar-refractivity contribution in [2.24, 2.45) is 5.14 Å². The zero-order valence-corrected chi connectivity index (χ0v) is 12.6. The van der Waals surface area contributed by atoms with Crippen molar-refractivity contribution in [1.29, 1.82) is 0 Å². The molecule has 9 heteroatoms. The molecule has 0 bridgehead atoms. The van der Waals surface area contributed by atoms with Gasteiger partial charge in [-0.15, -0.1) is 0 Å². The molecular weight excluding hydrogens is 298 g/mol. The Hall–Kier alpha value is -2.00. The molecule has 0 saturated heterocycles. The summed E-state index contributed by atoms with van der Waals surface area (Å²) in [5.74, 6) is -0.561. The number of hydrogen-bond donors (Lipinski definition) is 2. The zero-order valence-electron chi connectivity index (χ0n) is 11.8. The molecule has 1 aromatic carbocycles. The van der Waals surface area contributed by atoms with E-state index < -0.39 is 31.4 Å². The van der Waals surface area contributed by atoms with E-state index in [1.807, 2.05) is 6.92 Å². The molecule has 0 heterocycles. The van der Waals surface area contributed by atoms with E-state index in [2.05, 4.69) is 5.32 Å². The summed E-state index contributed by atoms with van der Waals surface area (Å²) in [7, 11) is -4.16. The van der Waals surface area contributed by atoms with Crippen LogP contribution in [0.15, 0.2) is 17.0 Å². The summed E-state index contributed by atoms with van der Waals surface area (Å²) in [5, 5.41) is 18.5. The van der Waals surface area contributed by atoms with Gasteiger partial charge in [-0.3, -0.25) is 14.9 Å². The first-order chi connectivity index (χ1) is 9.68. The van der Waals surface area contributed by atoms with Gasteiger partial charge in [0.2, 0.25) is 10.0 Å². The number of carbonyl (C=O) groups excluding carboxylic acids is 1. The summed E-state index contributed by atoms with van der Waals surface area (Å²) in [4.78, 5) is 21.7. The number of nitrogens with zero attached hydrogens (tertiary/aromatic N) is 1. The minimum Gasteiger partial charge on any atom is -0.352 e. The molecule has 0 aliphatic heterocycles. The average molecular weight is 315 g/mol. The van der Waals surface area contributed by atoms with Crippen molar-refractivity contribution in [3.63, 3.8) is 0 Å². The van der Waals surface area contributed by atoms with Crippen molar-refractivity contribution >= 4 is 21.6 Å². The van der Waals surface area contributed by atoms with E-state index in [4.69, 9.17) is 5.14 Å². The fourth-order valence-corrected chi connectivity index (χ4v) is 2.61. The van der Waals surface area contributed by atoms with Gasteiger partial charge in [0, 0.05) is 18.7 Å². The molecule has 0 unspecified atom stereocenters. The van der Waals surface area contributed by atoms with Gasteiger partial charge in [-0.25, -0.2) is 13.6 Å². The SMILES string of the molecule is CCCCNC(=O)c1cc([N+](=O)[O-])cc(S(N)(=O)=O)c1C. The second-order valence-corrected chi connectivity index (χ2v) is 6.06. The minimum atomic E-state index is -4.16. The fourth-order valence-electron chi connectivity index (χ4n) is 1.78. The molecule has 0 aliphatic rings. The molecule has 0 atom stereocenters. The van der Waals surface area contributed by atoms with E-state index in [1.165, 1.54) is 6.92 Å². The van der Waals surface area contributed by atoms with Crippen molar-refractivity contribution in [2.75, 3.05) is 6.54 Å². The van der Waals surface area contributed by atoms with Gasteiger partial charge < -0.3 is 5.32 Å². The van der Waals surface area contributed by atoms with E-state index in [-0.39, 0.29) is 11.1 Å². The predicted molar refractivity (Wildman–Crippen MR) is 76.4 cm³/mol. The predicted octanol–water partition coefficient (Wildman–Crippen LogP) is 1.08. The first-order valence-electron chi connectivity index (χ1n) is 6.28. The Balaban J connectivity index is 3.34. The molecule has 1 aromatic rings. The van der Waals surface area contributed by atoms with Crippen LogP contribution < -0.4 is 10.5 Å².